The van der Waals surface area contributed by atoms with E-state index in [2.05, 4.69) is 12.1 Å². The number of hydrogen-bond acceptors (Lipinski definition) is 2. The van der Waals surface area contributed by atoms with Crippen LogP contribution in [0.5, 0.6) is 5.75 Å². The number of aliphatic hydroxyl groups is 1. The van der Waals surface area contributed by atoms with Gasteiger partial charge in [0.15, 0.2) is 0 Å². The molecule has 2 atom stereocenters. The molecule has 0 spiro atoms. The fraction of sp³-hybridized carbons (Fsp3) is 0.250. The van der Waals surface area contributed by atoms with Crippen LogP contribution in [-0.2, 0) is 6.42 Å². The van der Waals surface area contributed by atoms with Crippen LogP contribution in [0.15, 0.2) is 48.5 Å². The molecule has 1 heterocycles. The van der Waals surface area contributed by atoms with Crippen LogP contribution < -0.4 is 4.74 Å². The first-order valence-corrected chi connectivity index (χ1v) is 6.76. The van der Waals surface area contributed by atoms with E-state index in [1.165, 1.54) is 5.56 Å². The minimum Gasteiger partial charge on any atom is -0.493 e. The molecule has 0 aliphatic carbocycles. The molecular weight excluding hydrogens is 260 g/mol. The van der Waals surface area contributed by atoms with Crippen LogP contribution in [0.2, 0.25) is 5.02 Å². The first kappa shape index (κ1) is 12.5. The number of ether oxygens (including phenoxy) is 1. The van der Waals surface area contributed by atoms with Crippen molar-refractivity contribution in [1.29, 1.82) is 0 Å². The largest absolute Gasteiger partial charge is 0.493 e. The maximum Gasteiger partial charge on any atom is 0.125 e. The van der Waals surface area contributed by atoms with Gasteiger partial charge in [0.2, 0.25) is 0 Å². The average molecular weight is 275 g/mol. The highest BCUT2D eigenvalue weighted by molar-refractivity contribution is 6.30. The normalized spacial score (nSPS) is 21.6. The molecule has 0 saturated carbocycles. The third kappa shape index (κ3) is 2.60. The maximum absolute atomic E-state index is 10.5. The predicted molar refractivity (Wildman–Crippen MR) is 75.5 cm³/mol. The van der Waals surface area contributed by atoms with Crippen molar-refractivity contribution >= 4 is 11.6 Å². The van der Waals surface area contributed by atoms with Crippen molar-refractivity contribution in [1.82, 2.24) is 0 Å². The molecule has 19 heavy (non-hydrogen) atoms. The van der Waals surface area contributed by atoms with Gasteiger partial charge in [-0.15, -0.1) is 0 Å². The average Bonchev–Trinajstić information content (AvgIpc) is 2.44. The van der Waals surface area contributed by atoms with Crippen molar-refractivity contribution in [3.63, 3.8) is 0 Å². The summed E-state index contributed by atoms with van der Waals surface area (Å²) in [6.45, 7) is 0.532. The van der Waals surface area contributed by atoms with Crippen LogP contribution in [0.4, 0.5) is 0 Å². The molecule has 3 rings (SSSR count). The van der Waals surface area contributed by atoms with Gasteiger partial charge in [-0.1, -0.05) is 41.9 Å². The molecule has 2 nitrogen and oxygen atoms in total. The molecule has 0 fully saturated rings. The molecule has 3 heteroatoms. The van der Waals surface area contributed by atoms with E-state index in [9.17, 15) is 5.11 Å². The summed E-state index contributed by atoms with van der Waals surface area (Å²) in [4.78, 5) is 0. The lowest BCUT2D eigenvalue weighted by atomic mass is 9.88. The number of hydrogen-bond donors (Lipinski definition) is 1. The SMILES string of the molecule is O[C@H]1c2cc(Cl)ccc2OC[C@@H]1Cc1ccccc1. The second kappa shape index (κ2) is 5.24. The lowest BCUT2D eigenvalue weighted by Crippen LogP contribution is -2.27. The Morgan fingerprint density at radius 2 is 1.95 bits per heavy atom. The second-order valence-corrected chi connectivity index (χ2v) is 5.32. The third-order valence-corrected chi connectivity index (χ3v) is 3.77. The summed E-state index contributed by atoms with van der Waals surface area (Å²) in [7, 11) is 0. The Bertz CT molecular complexity index is 568. The van der Waals surface area contributed by atoms with Crippen molar-refractivity contribution < 1.29 is 9.84 Å². The van der Waals surface area contributed by atoms with Crippen LogP contribution in [0.1, 0.15) is 17.2 Å². The Morgan fingerprint density at radius 1 is 1.16 bits per heavy atom. The predicted octanol–water partition coefficient (Wildman–Crippen LogP) is 3.62. The lowest BCUT2D eigenvalue weighted by Gasteiger charge is -2.30. The van der Waals surface area contributed by atoms with E-state index in [-0.39, 0.29) is 5.92 Å². The first-order valence-electron chi connectivity index (χ1n) is 6.38. The van der Waals surface area contributed by atoms with Gasteiger partial charge in [-0.3, -0.25) is 0 Å². The van der Waals surface area contributed by atoms with Gasteiger partial charge in [0.25, 0.3) is 0 Å². The maximum atomic E-state index is 10.5. The minimum absolute atomic E-state index is 0.0633. The lowest BCUT2D eigenvalue weighted by molar-refractivity contribution is 0.0508. The van der Waals surface area contributed by atoms with E-state index in [1.807, 2.05) is 24.3 Å². The molecule has 0 aromatic heterocycles. The molecule has 0 amide bonds. The minimum atomic E-state index is -0.525. The van der Waals surface area contributed by atoms with Gasteiger partial charge in [0.05, 0.1) is 12.7 Å². The number of aliphatic hydroxyl groups excluding tert-OH is 1. The second-order valence-electron chi connectivity index (χ2n) is 4.89. The molecule has 0 radical (unpaired) electrons. The number of halogens is 1. The number of rotatable bonds is 2. The molecule has 0 bridgehead atoms. The molecule has 98 valence electrons. The summed E-state index contributed by atoms with van der Waals surface area (Å²) in [5, 5.41) is 11.1. The fourth-order valence-corrected chi connectivity index (χ4v) is 2.69. The van der Waals surface area contributed by atoms with Gasteiger partial charge in [0, 0.05) is 16.5 Å². The summed E-state index contributed by atoms with van der Waals surface area (Å²) >= 11 is 5.98. The zero-order valence-corrected chi connectivity index (χ0v) is 11.2. The molecular formula is C16H15ClO2. The van der Waals surface area contributed by atoms with Gasteiger partial charge in [0.1, 0.15) is 5.75 Å². The van der Waals surface area contributed by atoms with Crippen LogP contribution in [0.25, 0.3) is 0 Å². The van der Waals surface area contributed by atoms with Gasteiger partial charge < -0.3 is 9.84 Å². The fourth-order valence-electron chi connectivity index (χ4n) is 2.51. The number of benzene rings is 2. The highest BCUT2D eigenvalue weighted by atomic mass is 35.5. The molecule has 1 aliphatic rings. The van der Waals surface area contributed by atoms with E-state index < -0.39 is 6.10 Å². The molecule has 2 aromatic rings. The monoisotopic (exact) mass is 274 g/mol. The molecule has 0 unspecified atom stereocenters. The molecule has 0 saturated heterocycles. The van der Waals surface area contributed by atoms with E-state index in [0.717, 1.165) is 17.7 Å². The van der Waals surface area contributed by atoms with Crippen LogP contribution >= 0.6 is 11.6 Å². The zero-order chi connectivity index (χ0) is 13.2. The summed E-state index contributed by atoms with van der Waals surface area (Å²) in [6, 6.07) is 15.5. The van der Waals surface area contributed by atoms with E-state index in [0.29, 0.717) is 11.6 Å². The molecule has 1 N–H and O–H groups in total. The van der Waals surface area contributed by atoms with Crippen molar-refractivity contribution in [3.05, 3.63) is 64.7 Å². The summed E-state index contributed by atoms with van der Waals surface area (Å²) in [6.07, 6.45) is 0.274. The van der Waals surface area contributed by atoms with Gasteiger partial charge >= 0.3 is 0 Å². The van der Waals surface area contributed by atoms with Crippen LogP contribution in [0, 0.1) is 5.92 Å². The topological polar surface area (TPSA) is 29.5 Å². The quantitative estimate of drug-likeness (QED) is 0.906. The Kier molecular flexibility index (Phi) is 3.45. The third-order valence-electron chi connectivity index (χ3n) is 3.53. The van der Waals surface area contributed by atoms with Crippen LogP contribution in [-0.4, -0.2) is 11.7 Å². The summed E-state index contributed by atoms with van der Waals surface area (Å²) in [5.74, 6) is 0.801. The van der Waals surface area contributed by atoms with E-state index in [1.54, 1.807) is 12.1 Å². The van der Waals surface area contributed by atoms with Gasteiger partial charge in [-0.05, 0) is 30.2 Å². The first-order chi connectivity index (χ1) is 9.24. The smallest absolute Gasteiger partial charge is 0.125 e. The number of fused-ring (bicyclic) bond motifs is 1. The highest BCUT2D eigenvalue weighted by Gasteiger charge is 2.29. The Balaban J connectivity index is 1.83. The van der Waals surface area contributed by atoms with Crippen LogP contribution in [0.3, 0.4) is 0 Å². The van der Waals surface area contributed by atoms with E-state index >= 15 is 0 Å². The standard InChI is InChI=1S/C16H15ClO2/c17-13-6-7-15-14(9-13)16(18)12(10-19-15)8-11-4-2-1-3-5-11/h1-7,9,12,16,18H,8,10H2/t12-,16+/m0/s1. The summed E-state index contributed by atoms with van der Waals surface area (Å²) < 4.78 is 5.72. The van der Waals surface area contributed by atoms with Crippen molar-refractivity contribution in [2.24, 2.45) is 5.92 Å². The molecule has 1 aliphatic heterocycles. The summed E-state index contributed by atoms with van der Waals surface area (Å²) in [5.41, 5.74) is 2.00. The highest BCUT2D eigenvalue weighted by Crippen LogP contribution is 2.38. The Morgan fingerprint density at radius 3 is 2.74 bits per heavy atom. The Hall–Kier alpha value is -1.51. The van der Waals surface area contributed by atoms with Gasteiger partial charge in [-0.25, -0.2) is 0 Å². The van der Waals surface area contributed by atoms with Gasteiger partial charge in [-0.2, -0.15) is 0 Å². The molecule has 2 aromatic carbocycles. The van der Waals surface area contributed by atoms with E-state index in [4.69, 9.17) is 16.3 Å². The van der Waals surface area contributed by atoms with Crippen molar-refractivity contribution in [2.75, 3.05) is 6.61 Å². The zero-order valence-electron chi connectivity index (χ0n) is 10.4. The Labute approximate surface area is 117 Å². The van der Waals surface area contributed by atoms with Crippen molar-refractivity contribution in [2.45, 2.75) is 12.5 Å². The van der Waals surface area contributed by atoms with Crippen molar-refractivity contribution in [3.8, 4) is 5.75 Å².